The Morgan fingerprint density at radius 2 is 1.79 bits per heavy atom. The zero-order valence-electron chi connectivity index (χ0n) is 19.9. The van der Waals surface area contributed by atoms with Gasteiger partial charge in [-0.2, -0.15) is 0 Å². The summed E-state index contributed by atoms with van der Waals surface area (Å²) in [5.74, 6) is 0.0343. The molecule has 3 aliphatic rings. The first-order valence-electron chi connectivity index (χ1n) is 12.8. The Labute approximate surface area is 202 Å². The third kappa shape index (κ3) is 5.27. The van der Waals surface area contributed by atoms with Crippen molar-refractivity contribution in [3.63, 3.8) is 0 Å². The standard InChI is InChI=1S/C28H35N3O3/c32-27(21-8-2-1-3-9-21)30-23-12-13-26(31-15-14-20-7-4-5-10-22(20)19-31)25(17-23)28(33)29-18-24-11-6-16-34-24/h4-5,7,10,12-13,17,21,24H,1-3,6,8-9,11,14-16,18-19H2,(H,29,33)(H,30,32). The van der Waals surface area contributed by atoms with E-state index in [0.717, 1.165) is 70.3 Å². The second-order valence-corrected chi connectivity index (χ2v) is 9.84. The van der Waals surface area contributed by atoms with Crippen molar-refractivity contribution in [1.29, 1.82) is 0 Å². The molecule has 180 valence electrons. The molecule has 1 saturated carbocycles. The molecule has 0 radical (unpaired) electrons. The van der Waals surface area contributed by atoms with E-state index in [9.17, 15) is 9.59 Å². The van der Waals surface area contributed by atoms with Gasteiger partial charge in [-0.25, -0.2) is 0 Å². The number of hydrogen-bond donors (Lipinski definition) is 2. The molecule has 6 heteroatoms. The number of hydrogen-bond acceptors (Lipinski definition) is 4. The lowest BCUT2D eigenvalue weighted by Gasteiger charge is -2.32. The van der Waals surface area contributed by atoms with Gasteiger partial charge in [-0.1, -0.05) is 43.5 Å². The van der Waals surface area contributed by atoms with Crippen LogP contribution < -0.4 is 15.5 Å². The number of carbonyl (C=O) groups is 2. The van der Waals surface area contributed by atoms with Crippen LogP contribution in [0.1, 0.15) is 66.4 Å². The number of nitrogens with zero attached hydrogens (tertiary/aromatic N) is 1. The minimum atomic E-state index is -0.113. The number of benzene rings is 2. The SMILES string of the molecule is O=C(NCC1CCCO1)c1cc(NC(=O)C2CCCCC2)ccc1N1CCc2ccccc2C1. The summed E-state index contributed by atoms with van der Waals surface area (Å²) in [7, 11) is 0. The molecule has 2 aliphatic heterocycles. The number of amides is 2. The molecule has 5 rings (SSSR count). The molecule has 2 amide bonds. The number of carbonyl (C=O) groups excluding carboxylic acids is 2. The van der Waals surface area contributed by atoms with Crippen LogP contribution >= 0.6 is 0 Å². The fourth-order valence-electron chi connectivity index (χ4n) is 5.49. The van der Waals surface area contributed by atoms with Gasteiger partial charge in [-0.05, 0) is 61.4 Å². The summed E-state index contributed by atoms with van der Waals surface area (Å²) in [4.78, 5) is 28.5. The van der Waals surface area contributed by atoms with Crippen LogP contribution in [0.15, 0.2) is 42.5 Å². The normalized spacial score (nSPS) is 20.6. The van der Waals surface area contributed by atoms with Gasteiger partial charge in [-0.3, -0.25) is 9.59 Å². The van der Waals surface area contributed by atoms with Crippen LogP contribution in [-0.4, -0.2) is 37.6 Å². The lowest BCUT2D eigenvalue weighted by atomic mass is 9.88. The predicted molar refractivity (Wildman–Crippen MR) is 134 cm³/mol. The van der Waals surface area contributed by atoms with Gasteiger partial charge in [-0.15, -0.1) is 0 Å². The van der Waals surface area contributed by atoms with Gasteiger partial charge in [0.25, 0.3) is 5.91 Å². The van der Waals surface area contributed by atoms with E-state index in [1.807, 2.05) is 18.2 Å². The van der Waals surface area contributed by atoms with Crippen molar-refractivity contribution in [2.75, 3.05) is 29.9 Å². The molecule has 2 N–H and O–H groups in total. The fraction of sp³-hybridized carbons (Fsp3) is 0.500. The Kier molecular flexibility index (Phi) is 7.14. The second kappa shape index (κ2) is 10.6. The summed E-state index contributed by atoms with van der Waals surface area (Å²) in [5, 5.41) is 6.17. The van der Waals surface area contributed by atoms with Crippen molar-refractivity contribution in [2.45, 2.75) is 64.0 Å². The largest absolute Gasteiger partial charge is 0.376 e. The molecule has 34 heavy (non-hydrogen) atoms. The van der Waals surface area contributed by atoms with Gasteiger partial charge in [0.2, 0.25) is 5.91 Å². The van der Waals surface area contributed by atoms with E-state index in [4.69, 9.17) is 4.74 Å². The van der Waals surface area contributed by atoms with E-state index in [0.29, 0.717) is 17.8 Å². The topological polar surface area (TPSA) is 70.7 Å². The van der Waals surface area contributed by atoms with E-state index in [-0.39, 0.29) is 23.8 Å². The quantitative estimate of drug-likeness (QED) is 0.656. The average molecular weight is 462 g/mol. The van der Waals surface area contributed by atoms with Crippen LogP contribution in [-0.2, 0) is 22.5 Å². The number of ether oxygens (including phenoxy) is 1. The van der Waals surface area contributed by atoms with Crippen LogP contribution in [0.3, 0.4) is 0 Å². The average Bonchev–Trinajstić information content (AvgIpc) is 3.41. The highest BCUT2D eigenvalue weighted by Gasteiger charge is 2.25. The molecule has 0 aromatic heterocycles. The van der Waals surface area contributed by atoms with E-state index in [2.05, 4.69) is 39.8 Å². The zero-order valence-corrected chi connectivity index (χ0v) is 19.9. The molecule has 1 saturated heterocycles. The summed E-state index contributed by atoms with van der Waals surface area (Å²) >= 11 is 0. The lowest BCUT2D eigenvalue weighted by molar-refractivity contribution is -0.120. The fourth-order valence-corrected chi connectivity index (χ4v) is 5.49. The van der Waals surface area contributed by atoms with Crippen molar-refractivity contribution >= 4 is 23.2 Å². The maximum atomic E-state index is 13.3. The van der Waals surface area contributed by atoms with E-state index in [1.165, 1.54) is 17.5 Å². The molecule has 0 bridgehead atoms. The van der Waals surface area contributed by atoms with E-state index in [1.54, 1.807) is 0 Å². The third-order valence-corrected chi connectivity index (χ3v) is 7.47. The Bertz CT molecular complexity index is 1030. The van der Waals surface area contributed by atoms with Crippen molar-refractivity contribution in [3.8, 4) is 0 Å². The molecular weight excluding hydrogens is 426 g/mol. The van der Waals surface area contributed by atoms with Crippen LogP contribution in [0, 0.1) is 5.92 Å². The van der Waals surface area contributed by atoms with Gasteiger partial charge in [0.15, 0.2) is 0 Å². The van der Waals surface area contributed by atoms with Gasteiger partial charge >= 0.3 is 0 Å². The summed E-state index contributed by atoms with van der Waals surface area (Å²) in [6.45, 7) is 2.91. The molecule has 1 aliphatic carbocycles. The highest BCUT2D eigenvalue weighted by Crippen LogP contribution is 2.31. The highest BCUT2D eigenvalue weighted by molar-refractivity contribution is 6.02. The van der Waals surface area contributed by atoms with Gasteiger partial charge in [0.1, 0.15) is 0 Å². The summed E-state index contributed by atoms with van der Waals surface area (Å²) in [6, 6.07) is 14.3. The number of anilines is 2. The first kappa shape index (κ1) is 22.9. The molecule has 2 aromatic rings. The van der Waals surface area contributed by atoms with Crippen molar-refractivity contribution in [1.82, 2.24) is 5.32 Å². The van der Waals surface area contributed by atoms with Crippen LogP contribution in [0.4, 0.5) is 11.4 Å². The summed E-state index contributed by atoms with van der Waals surface area (Å²) in [5.41, 5.74) is 4.89. The van der Waals surface area contributed by atoms with Crippen molar-refractivity contribution in [2.24, 2.45) is 5.92 Å². The molecule has 2 fully saturated rings. The van der Waals surface area contributed by atoms with Crippen molar-refractivity contribution in [3.05, 3.63) is 59.2 Å². The lowest BCUT2D eigenvalue weighted by Crippen LogP contribution is -2.35. The van der Waals surface area contributed by atoms with E-state index >= 15 is 0 Å². The maximum Gasteiger partial charge on any atom is 0.253 e. The predicted octanol–water partition coefficient (Wildman–Crippen LogP) is 4.68. The molecule has 2 aromatic carbocycles. The monoisotopic (exact) mass is 461 g/mol. The summed E-state index contributed by atoms with van der Waals surface area (Å²) < 4.78 is 5.69. The van der Waals surface area contributed by atoms with E-state index < -0.39 is 0 Å². The van der Waals surface area contributed by atoms with Crippen LogP contribution in [0.25, 0.3) is 0 Å². The Hall–Kier alpha value is -2.86. The van der Waals surface area contributed by atoms with Crippen LogP contribution in [0.5, 0.6) is 0 Å². The minimum Gasteiger partial charge on any atom is -0.376 e. The second-order valence-electron chi connectivity index (χ2n) is 9.84. The van der Waals surface area contributed by atoms with Gasteiger partial charge in [0, 0.05) is 43.5 Å². The molecule has 1 unspecified atom stereocenters. The summed E-state index contributed by atoms with van der Waals surface area (Å²) in [6.07, 6.45) is 8.41. The number of rotatable bonds is 6. The molecular formula is C28H35N3O3. The number of nitrogens with one attached hydrogen (secondary N) is 2. The van der Waals surface area contributed by atoms with Crippen molar-refractivity contribution < 1.29 is 14.3 Å². The maximum absolute atomic E-state index is 13.3. The molecule has 0 spiro atoms. The minimum absolute atomic E-state index is 0.0730. The molecule has 6 nitrogen and oxygen atoms in total. The van der Waals surface area contributed by atoms with Gasteiger partial charge in [0.05, 0.1) is 11.7 Å². The number of fused-ring (bicyclic) bond motifs is 1. The van der Waals surface area contributed by atoms with Gasteiger partial charge < -0.3 is 20.3 Å². The Morgan fingerprint density at radius 1 is 0.971 bits per heavy atom. The highest BCUT2D eigenvalue weighted by atomic mass is 16.5. The van der Waals surface area contributed by atoms with Crippen LogP contribution in [0.2, 0.25) is 0 Å². The first-order valence-corrected chi connectivity index (χ1v) is 12.8. The first-order chi connectivity index (χ1) is 16.7. The smallest absolute Gasteiger partial charge is 0.253 e. The molecule has 2 heterocycles. The third-order valence-electron chi connectivity index (χ3n) is 7.47. The zero-order chi connectivity index (χ0) is 23.3. The Balaban J connectivity index is 1.36. The Morgan fingerprint density at radius 3 is 2.59 bits per heavy atom. The molecule has 1 atom stereocenters.